The van der Waals surface area contributed by atoms with E-state index >= 15 is 0 Å². The molecule has 0 aliphatic carbocycles. The molecule has 1 rings (SSSR count). The Morgan fingerprint density at radius 1 is 1.67 bits per heavy atom. The summed E-state index contributed by atoms with van der Waals surface area (Å²) in [4.78, 5) is 15.0. The lowest BCUT2D eigenvalue weighted by atomic mass is 10.2. The van der Waals surface area contributed by atoms with Crippen molar-refractivity contribution in [2.24, 2.45) is 5.73 Å². The number of nitrogens with two attached hydrogens (primary N) is 2. The molecule has 0 aromatic carbocycles. The summed E-state index contributed by atoms with van der Waals surface area (Å²) < 4.78 is 0.747. The number of carbonyl (C=O) groups is 1. The van der Waals surface area contributed by atoms with Crippen molar-refractivity contribution in [1.29, 1.82) is 0 Å². The van der Waals surface area contributed by atoms with Crippen molar-refractivity contribution >= 4 is 33.3 Å². The van der Waals surface area contributed by atoms with Crippen LogP contribution in [-0.4, -0.2) is 17.4 Å². The normalized spacial score (nSPS) is 9.67. The lowest BCUT2D eigenvalue weighted by Crippen LogP contribution is -2.16. The summed E-state index contributed by atoms with van der Waals surface area (Å²) in [5, 5.41) is 2.91. The standard InChI is InChI=1S/C9H11BrN4O/c1-5(10)3-13-9-7(8(12)15)2-6(11)4-14-9/h2,4H,1,3,11H2,(H2,12,15)(H,13,14). The first-order chi connectivity index (χ1) is 7.00. The second-order valence-electron chi connectivity index (χ2n) is 2.90. The van der Waals surface area contributed by atoms with Crippen molar-refractivity contribution in [3.05, 3.63) is 28.9 Å². The average Bonchev–Trinajstić information content (AvgIpc) is 2.15. The average molecular weight is 271 g/mol. The molecule has 0 aliphatic heterocycles. The molecule has 6 heteroatoms. The number of halogens is 1. The van der Waals surface area contributed by atoms with Crippen LogP contribution in [0.1, 0.15) is 10.4 Å². The lowest BCUT2D eigenvalue weighted by Gasteiger charge is -2.08. The number of amides is 1. The third kappa shape index (κ3) is 3.25. The molecule has 1 aromatic heterocycles. The predicted molar refractivity (Wildman–Crippen MR) is 63.7 cm³/mol. The second kappa shape index (κ2) is 4.79. The third-order valence-corrected chi connectivity index (χ3v) is 1.90. The maximum atomic E-state index is 11.1. The minimum absolute atomic E-state index is 0.267. The molecule has 0 unspecified atom stereocenters. The Kier molecular flexibility index (Phi) is 3.68. The van der Waals surface area contributed by atoms with Gasteiger partial charge in [0.15, 0.2) is 0 Å². The zero-order chi connectivity index (χ0) is 11.4. The minimum atomic E-state index is -0.572. The van der Waals surface area contributed by atoms with Crippen LogP contribution < -0.4 is 16.8 Å². The Hall–Kier alpha value is -1.56. The van der Waals surface area contributed by atoms with Gasteiger partial charge in [0.2, 0.25) is 0 Å². The molecule has 1 amide bonds. The summed E-state index contributed by atoms with van der Waals surface area (Å²) in [5.41, 5.74) is 11.3. The molecular weight excluding hydrogens is 260 g/mol. The number of nitrogens with zero attached hydrogens (tertiary/aromatic N) is 1. The molecule has 0 spiro atoms. The van der Waals surface area contributed by atoms with Gasteiger partial charge in [-0.1, -0.05) is 22.5 Å². The highest BCUT2D eigenvalue weighted by atomic mass is 79.9. The highest BCUT2D eigenvalue weighted by Gasteiger charge is 2.09. The number of nitrogen functional groups attached to an aromatic ring is 1. The first-order valence-electron chi connectivity index (χ1n) is 4.13. The first-order valence-corrected chi connectivity index (χ1v) is 4.92. The van der Waals surface area contributed by atoms with Crippen molar-refractivity contribution in [2.45, 2.75) is 0 Å². The number of carbonyl (C=O) groups excluding carboxylic acids is 1. The SMILES string of the molecule is C=C(Br)CNc1ncc(N)cc1C(N)=O. The molecule has 0 saturated heterocycles. The summed E-state index contributed by atoms with van der Waals surface area (Å²) in [5.74, 6) is -0.171. The van der Waals surface area contributed by atoms with E-state index in [2.05, 4.69) is 32.8 Å². The van der Waals surface area contributed by atoms with E-state index in [1.807, 2.05) is 0 Å². The summed E-state index contributed by atoms with van der Waals surface area (Å²) in [6.07, 6.45) is 1.45. The van der Waals surface area contributed by atoms with Crippen LogP contribution in [0.3, 0.4) is 0 Å². The van der Waals surface area contributed by atoms with Gasteiger partial charge in [-0.25, -0.2) is 4.98 Å². The van der Waals surface area contributed by atoms with Crippen LogP contribution in [0.5, 0.6) is 0 Å². The fourth-order valence-corrected chi connectivity index (χ4v) is 1.13. The van der Waals surface area contributed by atoms with E-state index in [-0.39, 0.29) is 5.56 Å². The highest BCUT2D eigenvalue weighted by Crippen LogP contribution is 2.15. The molecule has 0 aliphatic rings. The number of anilines is 2. The molecule has 0 atom stereocenters. The first kappa shape index (κ1) is 11.5. The van der Waals surface area contributed by atoms with Crippen LogP contribution in [-0.2, 0) is 0 Å². The fourth-order valence-electron chi connectivity index (χ4n) is 0.989. The zero-order valence-corrected chi connectivity index (χ0v) is 9.54. The number of pyridine rings is 1. The van der Waals surface area contributed by atoms with Crippen molar-refractivity contribution < 1.29 is 4.79 Å². The second-order valence-corrected chi connectivity index (χ2v) is 4.02. The largest absolute Gasteiger partial charge is 0.397 e. The molecule has 0 bridgehead atoms. The number of aromatic nitrogens is 1. The molecule has 5 nitrogen and oxygen atoms in total. The molecule has 0 fully saturated rings. The Bertz CT molecular complexity index is 405. The number of primary amides is 1. The van der Waals surface area contributed by atoms with E-state index in [9.17, 15) is 4.79 Å². The fraction of sp³-hybridized carbons (Fsp3) is 0.111. The summed E-state index contributed by atoms with van der Waals surface area (Å²) in [6.45, 7) is 4.10. The van der Waals surface area contributed by atoms with Gasteiger partial charge in [0, 0.05) is 11.0 Å². The number of nitrogens with one attached hydrogen (secondary N) is 1. The third-order valence-electron chi connectivity index (χ3n) is 1.62. The van der Waals surface area contributed by atoms with Gasteiger partial charge in [-0.05, 0) is 6.07 Å². The van der Waals surface area contributed by atoms with Gasteiger partial charge in [0.1, 0.15) is 5.82 Å². The number of hydrogen-bond donors (Lipinski definition) is 3. The van der Waals surface area contributed by atoms with E-state index < -0.39 is 5.91 Å². The van der Waals surface area contributed by atoms with Crippen LogP contribution in [0.15, 0.2) is 23.3 Å². The van der Waals surface area contributed by atoms with Crippen LogP contribution in [0.25, 0.3) is 0 Å². The molecule has 0 saturated carbocycles. The Morgan fingerprint density at radius 2 is 2.33 bits per heavy atom. The Balaban J connectivity index is 2.95. The maximum absolute atomic E-state index is 11.1. The van der Waals surface area contributed by atoms with Crippen LogP contribution in [0, 0.1) is 0 Å². The lowest BCUT2D eigenvalue weighted by molar-refractivity contribution is 0.100. The van der Waals surface area contributed by atoms with E-state index in [1.165, 1.54) is 12.3 Å². The van der Waals surface area contributed by atoms with Gasteiger partial charge >= 0.3 is 0 Å². The molecule has 15 heavy (non-hydrogen) atoms. The number of hydrogen-bond acceptors (Lipinski definition) is 4. The summed E-state index contributed by atoms with van der Waals surface area (Å²) >= 11 is 3.18. The van der Waals surface area contributed by atoms with E-state index in [4.69, 9.17) is 11.5 Å². The topological polar surface area (TPSA) is 94.0 Å². The van der Waals surface area contributed by atoms with Gasteiger partial charge in [-0.2, -0.15) is 0 Å². The van der Waals surface area contributed by atoms with Gasteiger partial charge in [-0.15, -0.1) is 0 Å². The molecule has 1 aromatic rings. The van der Waals surface area contributed by atoms with Crippen LogP contribution in [0.2, 0.25) is 0 Å². The Morgan fingerprint density at radius 3 is 2.87 bits per heavy atom. The van der Waals surface area contributed by atoms with Crippen LogP contribution in [0.4, 0.5) is 11.5 Å². The monoisotopic (exact) mass is 270 g/mol. The summed E-state index contributed by atoms with van der Waals surface area (Å²) in [6, 6.07) is 1.48. The van der Waals surface area contributed by atoms with Crippen molar-refractivity contribution in [2.75, 3.05) is 17.6 Å². The smallest absolute Gasteiger partial charge is 0.252 e. The van der Waals surface area contributed by atoms with Gasteiger partial charge in [-0.3, -0.25) is 4.79 Å². The minimum Gasteiger partial charge on any atom is -0.397 e. The zero-order valence-electron chi connectivity index (χ0n) is 7.96. The molecular formula is C9H11BrN4O. The number of rotatable bonds is 4. The van der Waals surface area contributed by atoms with Crippen molar-refractivity contribution in [3.63, 3.8) is 0 Å². The quantitative estimate of drug-likeness (QED) is 0.763. The van der Waals surface area contributed by atoms with E-state index in [1.54, 1.807) is 0 Å². The highest BCUT2D eigenvalue weighted by molar-refractivity contribution is 9.11. The molecule has 0 radical (unpaired) electrons. The predicted octanol–water partition coefficient (Wildman–Crippen LogP) is 1.08. The van der Waals surface area contributed by atoms with E-state index in [0.717, 1.165) is 4.48 Å². The van der Waals surface area contributed by atoms with Crippen LogP contribution >= 0.6 is 15.9 Å². The Labute approximate surface area is 95.7 Å². The molecule has 1 heterocycles. The molecule has 5 N–H and O–H groups in total. The maximum Gasteiger partial charge on any atom is 0.252 e. The summed E-state index contributed by atoms with van der Waals surface area (Å²) in [7, 11) is 0. The molecule has 80 valence electrons. The van der Waals surface area contributed by atoms with Crippen molar-refractivity contribution in [1.82, 2.24) is 4.98 Å². The van der Waals surface area contributed by atoms with Crippen molar-refractivity contribution in [3.8, 4) is 0 Å². The van der Waals surface area contributed by atoms with E-state index in [0.29, 0.717) is 18.1 Å². The van der Waals surface area contributed by atoms with Gasteiger partial charge < -0.3 is 16.8 Å². The van der Waals surface area contributed by atoms with Gasteiger partial charge in [0.05, 0.1) is 17.4 Å². The van der Waals surface area contributed by atoms with Gasteiger partial charge in [0.25, 0.3) is 5.91 Å².